The smallest absolute Gasteiger partial charge is 0.224 e. The summed E-state index contributed by atoms with van der Waals surface area (Å²) in [7, 11) is -3.34. The first kappa shape index (κ1) is 16.0. The highest BCUT2D eigenvalue weighted by molar-refractivity contribution is 7.90. The van der Waals surface area contributed by atoms with Crippen molar-refractivity contribution in [2.24, 2.45) is 0 Å². The van der Waals surface area contributed by atoms with E-state index in [4.69, 9.17) is 0 Å². The number of rotatable bonds is 5. The van der Waals surface area contributed by atoms with Gasteiger partial charge in [0.05, 0.1) is 10.6 Å². The molecule has 2 rings (SSSR count). The van der Waals surface area contributed by atoms with Gasteiger partial charge in [0.1, 0.15) is 0 Å². The number of para-hydroxylation sites is 1. The topological polar surface area (TPSA) is 75.3 Å². The SMILES string of the molecule is CS(=O)(=O)c1ccccc1NC(=O)CCC1CCCCN1. The fourth-order valence-corrected chi connectivity index (χ4v) is 3.43. The molecule has 0 spiro atoms. The number of anilines is 1. The average molecular weight is 310 g/mol. The lowest BCUT2D eigenvalue weighted by Gasteiger charge is -2.23. The molecule has 1 saturated heterocycles. The van der Waals surface area contributed by atoms with E-state index >= 15 is 0 Å². The highest BCUT2D eigenvalue weighted by atomic mass is 32.2. The standard InChI is InChI=1S/C15H22N2O3S/c1-21(19,20)14-8-3-2-7-13(14)17-15(18)10-9-12-6-4-5-11-16-12/h2-3,7-8,12,16H,4-6,9-11H2,1H3,(H,17,18). The van der Waals surface area contributed by atoms with Crippen LogP contribution in [0.5, 0.6) is 0 Å². The summed E-state index contributed by atoms with van der Waals surface area (Å²) in [5, 5.41) is 6.11. The number of benzene rings is 1. The molecule has 116 valence electrons. The van der Waals surface area contributed by atoms with Gasteiger partial charge in [0.2, 0.25) is 5.91 Å². The predicted octanol–water partition coefficient (Wildman–Crippen LogP) is 1.95. The van der Waals surface area contributed by atoms with Gasteiger partial charge in [0, 0.05) is 18.7 Å². The van der Waals surface area contributed by atoms with Crippen molar-refractivity contribution in [2.45, 2.75) is 43.0 Å². The molecular weight excluding hydrogens is 288 g/mol. The molecule has 6 heteroatoms. The Bertz CT molecular complexity index is 593. The van der Waals surface area contributed by atoms with E-state index in [1.807, 2.05) is 0 Å². The molecule has 5 nitrogen and oxygen atoms in total. The molecule has 21 heavy (non-hydrogen) atoms. The maximum Gasteiger partial charge on any atom is 0.224 e. The van der Waals surface area contributed by atoms with Gasteiger partial charge in [0.25, 0.3) is 0 Å². The van der Waals surface area contributed by atoms with E-state index in [1.54, 1.807) is 18.2 Å². The van der Waals surface area contributed by atoms with Crippen LogP contribution in [0.3, 0.4) is 0 Å². The fourth-order valence-electron chi connectivity index (χ4n) is 2.58. The minimum Gasteiger partial charge on any atom is -0.325 e. The molecule has 0 bridgehead atoms. The molecular formula is C15H22N2O3S. The summed E-state index contributed by atoms with van der Waals surface area (Å²) in [6, 6.07) is 6.89. The molecule has 0 aliphatic carbocycles. The number of piperidine rings is 1. The van der Waals surface area contributed by atoms with E-state index in [-0.39, 0.29) is 10.8 Å². The average Bonchev–Trinajstić information content (AvgIpc) is 2.46. The Morgan fingerprint density at radius 1 is 1.33 bits per heavy atom. The summed E-state index contributed by atoms with van der Waals surface area (Å²) in [5.74, 6) is -0.140. The van der Waals surface area contributed by atoms with E-state index in [0.717, 1.165) is 25.6 Å². The number of hydrogen-bond donors (Lipinski definition) is 2. The van der Waals surface area contributed by atoms with Crippen LogP contribution >= 0.6 is 0 Å². The third-order valence-electron chi connectivity index (χ3n) is 3.69. The van der Waals surface area contributed by atoms with Crippen molar-refractivity contribution >= 4 is 21.4 Å². The van der Waals surface area contributed by atoms with Gasteiger partial charge < -0.3 is 10.6 Å². The molecule has 1 unspecified atom stereocenters. The van der Waals surface area contributed by atoms with Crippen LogP contribution in [0.15, 0.2) is 29.2 Å². The Balaban J connectivity index is 1.93. The molecule has 1 fully saturated rings. The number of carbonyl (C=O) groups is 1. The summed E-state index contributed by atoms with van der Waals surface area (Å²) in [5.41, 5.74) is 0.363. The first-order valence-electron chi connectivity index (χ1n) is 7.29. The molecule has 1 amide bonds. The lowest BCUT2D eigenvalue weighted by atomic mass is 10.0. The normalized spacial score (nSPS) is 19.2. The second-order valence-electron chi connectivity index (χ2n) is 5.50. The highest BCUT2D eigenvalue weighted by Crippen LogP contribution is 2.21. The van der Waals surface area contributed by atoms with Crippen molar-refractivity contribution in [2.75, 3.05) is 18.1 Å². The van der Waals surface area contributed by atoms with Crippen LogP contribution in [0.4, 0.5) is 5.69 Å². The van der Waals surface area contributed by atoms with E-state index < -0.39 is 9.84 Å². The van der Waals surface area contributed by atoms with E-state index in [2.05, 4.69) is 10.6 Å². The third-order valence-corrected chi connectivity index (χ3v) is 4.85. The number of amides is 1. The predicted molar refractivity (Wildman–Crippen MR) is 83.1 cm³/mol. The van der Waals surface area contributed by atoms with Crippen molar-refractivity contribution in [3.05, 3.63) is 24.3 Å². The van der Waals surface area contributed by atoms with Crippen LogP contribution in [0.1, 0.15) is 32.1 Å². The number of hydrogen-bond acceptors (Lipinski definition) is 4. The zero-order chi connectivity index (χ0) is 15.3. The van der Waals surface area contributed by atoms with E-state index in [1.165, 1.54) is 18.9 Å². The van der Waals surface area contributed by atoms with Crippen LogP contribution in [0.25, 0.3) is 0 Å². The Labute approximate surface area is 126 Å². The number of sulfone groups is 1. The number of nitrogens with one attached hydrogen (secondary N) is 2. The van der Waals surface area contributed by atoms with E-state index in [0.29, 0.717) is 18.2 Å². The maximum atomic E-state index is 12.0. The van der Waals surface area contributed by atoms with Crippen LogP contribution < -0.4 is 10.6 Å². The zero-order valence-electron chi connectivity index (χ0n) is 12.3. The Kier molecular flexibility index (Phi) is 5.36. The lowest BCUT2D eigenvalue weighted by Crippen LogP contribution is -2.34. The van der Waals surface area contributed by atoms with Crippen molar-refractivity contribution in [1.29, 1.82) is 0 Å². The van der Waals surface area contributed by atoms with Gasteiger partial charge in [-0.1, -0.05) is 18.6 Å². The van der Waals surface area contributed by atoms with Gasteiger partial charge in [-0.2, -0.15) is 0 Å². The largest absolute Gasteiger partial charge is 0.325 e. The third kappa shape index (κ3) is 4.82. The van der Waals surface area contributed by atoms with Crippen molar-refractivity contribution in [3.8, 4) is 0 Å². The van der Waals surface area contributed by atoms with Gasteiger partial charge in [0.15, 0.2) is 9.84 Å². The van der Waals surface area contributed by atoms with Crippen LogP contribution in [0.2, 0.25) is 0 Å². The molecule has 1 aliphatic rings. The van der Waals surface area contributed by atoms with Gasteiger partial charge in [-0.25, -0.2) is 8.42 Å². The highest BCUT2D eigenvalue weighted by Gasteiger charge is 2.16. The molecule has 1 aliphatic heterocycles. The van der Waals surface area contributed by atoms with Gasteiger partial charge in [-0.15, -0.1) is 0 Å². The zero-order valence-corrected chi connectivity index (χ0v) is 13.1. The second-order valence-corrected chi connectivity index (χ2v) is 7.49. The molecule has 0 aromatic heterocycles. The van der Waals surface area contributed by atoms with Crippen molar-refractivity contribution < 1.29 is 13.2 Å². The van der Waals surface area contributed by atoms with Crippen molar-refractivity contribution in [1.82, 2.24) is 5.32 Å². The van der Waals surface area contributed by atoms with Crippen LogP contribution in [0, 0.1) is 0 Å². The monoisotopic (exact) mass is 310 g/mol. The van der Waals surface area contributed by atoms with Crippen LogP contribution in [-0.2, 0) is 14.6 Å². The van der Waals surface area contributed by atoms with Gasteiger partial charge in [-0.3, -0.25) is 4.79 Å². The van der Waals surface area contributed by atoms with Gasteiger partial charge >= 0.3 is 0 Å². The molecule has 2 N–H and O–H groups in total. The summed E-state index contributed by atoms with van der Waals surface area (Å²) >= 11 is 0. The Morgan fingerprint density at radius 2 is 2.10 bits per heavy atom. The lowest BCUT2D eigenvalue weighted by molar-refractivity contribution is -0.116. The Hall–Kier alpha value is -1.40. The van der Waals surface area contributed by atoms with E-state index in [9.17, 15) is 13.2 Å². The second kappa shape index (κ2) is 7.04. The van der Waals surface area contributed by atoms with Gasteiger partial charge in [-0.05, 0) is 37.9 Å². The molecule has 1 heterocycles. The Morgan fingerprint density at radius 3 is 2.76 bits per heavy atom. The minimum atomic E-state index is -3.34. The maximum absolute atomic E-state index is 12.0. The van der Waals surface area contributed by atoms with Crippen molar-refractivity contribution in [3.63, 3.8) is 0 Å². The number of carbonyl (C=O) groups excluding carboxylic acids is 1. The molecule has 1 aromatic carbocycles. The summed E-state index contributed by atoms with van der Waals surface area (Å²) in [6.07, 6.45) is 5.83. The quantitative estimate of drug-likeness (QED) is 0.871. The summed E-state index contributed by atoms with van der Waals surface area (Å²) < 4.78 is 23.4. The molecule has 0 saturated carbocycles. The molecule has 0 radical (unpaired) electrons. The first-order chi connectivity index (χ1) is 9.97. The minimum absolute atomic E-state index is 0.140. The molecule has 1 atom stereocenters. The fraction of sp³-hybridized carbons (Fsp3) is 0.533. The first-order valence-corrected chi connectivity index (χ1v) is 9.18. The summed E-state index contributed by atoms with van der Waals surface area (Å²) in [4.78, 5) is 12.2. The van der Waals surface area contributed by atoms with Crippen LogP contribution in [-0.4, -0.2) is 33.2 Å². The summed E-state index contributed by atoms with van der Waals surface area (Å²) in [6.45, 7) is 1.02. The molecule has 1 aromatic rings.